The maximum atomic E-state index is 13.3. The molecule has 0 aliphatic heterocycles. The van der Waals surface area contributed by atoms with Crippen LogP contribution in [0.1, 0.15) is 52.8 Å². The fraction of sp³-hybridized carbons (Fsp3) is 0.435. The zero-order chi connectivity index (χ0) is 21.1. The summed E-state index contributed by atoms with van der Waals surface area (Å²) in [5.74, 6) is 1.16. The monoisotopic (exact) mass is 426 g/mol. The number of aryl methyl sites for hydroxylation is 3. The predicted molar refractivity (Wildman–Crippen MR) is 118 cm³/mol. The average Bonchev–Trinajstić information content (AvgIpc) is 3.16. The summed E-state index contributed by atoms with van der Waals surface area (Å²) in [5.41, 5.74) is 1.82. The lowest BCUT2D eigenvalue weighted by Gasteiger charge is -2.13. The number of esters is 1. The highest BCUT2D eigenvalue weighted by Crippen LogP contribution is 2.33. The fourth-order valence-electron chi connectivity index (χ4n) is 4.00. The van der Waals surface area contributed by atoms with E-state index in [1.165, 1.54) is 24.0 Å². The van der Waals surface area contributed by atoms with Crippen molar-refractivity contribution in [1.82, 2.24) is 9.55 Å². The van der Waals surface area contributed by atoms with Gasteiger partial charge in [0.25, 0.3) is 5.56 Å². The molecule has 158 valence electrons. The first-order valence-corrected chi connectivity index (χ1v) is 11.3. The smallest absolute Gasteiger partial charge is 0.337 e. The molecule has 2 heterocycles. The molecule has 1 aliphatic rings. The van der Waals surface area contributed by atoms with Gasteiger partial charge in [0, 0.05) is 17.8 Å². The number of carbonyl (C=O) groups excluding carboxylic acids is 1. The van der Waals surface area contributed by atoms with Crippen molar-refractivity contribution in [2.45, 2.75) is 52.0 Å². The first-order chi connectivity index (χ1) is 14.6. The molecule has 0 spiro atoms. The van der Waals surface area contributed by atoms with Crippen molar-refractivity contribution in [3.05, 3.63) is 56.4 Å². The van der Waals surface area contributed by atoms with Crippen LogP contribution in [0.2, 0.25) is 0 Å². The van der Waals surface area contributed by atoms with Gasteiger partial charge in [-0.25, -0.2) is 9.78 Å². The highest BCUT2D eigenvalue weighted by Gasteiger charge is 2.21. The van der Waals surface area contributed by atoms with Gasteiger partial charge in [0.15, 0.2) is 0 Å². The average molecular weight is 427 g/mol. The minimum absolute atomic E-state index is 0.0960. The van der Waals surface area contributed by atoms with Crippen LogP contribution in [-0.2, 0) is 30.5 Å². The molecule has 3 aromatic rings. The molecular formula is C23H26N2O4S. The molecule has 0 atom stereocenters. The number of fused-ring (bicyclic) bond motifs is 3. The number of methoxy groups -OCH3 is 1. The third-order valence-electron chi connectivity index (χ3n) is 5.54. The summed E-state index contributed by atoms with van der Waals surface area (Å²) in [5, 5.41) is 0.839. The van der Waals surface area contributed by atoms with Gasteiger partial charge in [-0.2, -0.15) is 0 Å². The second-order valence-electron chi connectivity index (χ2n) is 7.45. The van der Waals surface area contributed by atoms with Gasteiger partial charge in [-0.15, -0.1) is 11.3 Å². The number of hydrogen-bond acceptors (Lipinski definition) is 6. The SMILES string of the molecule is CCc1nc2sc3c(c2c(=O)n1CCCOc1ccc(C(=O)OC)cc1)CCCC3. The maximum absolute atomic E-state index is 13.3. The summed E-state index contributed by atoms with van der Waals surface area (Å²) in [4.78, 5) is 31.9. The Kier molecular flexibility index (Phi) is 6.18. The topological polar surface area (TPSA) is 70.4 Å². The van der Waals surface area contributed by atoms with Gasteiger partial charge in [0.2, 0.25) is 0 Å². The normalized spacial score (nSPS) is 13.3. The van der Waals surface area contributed by atoms with Gasteiger partial charge in [-0.05, 0) is 61.9 Å². The number of rotatable bonds is 7. The molecule has 2 aromatic heterocycles. The third-order valence-corrected chi connectivity index (χ3v) is 6.73. The van der Waals surface area contributed by atoms with Crippen LogP contribution in [0.15, 0.2) is 29.1 Å². The molecule has 4 rings (SSSR count). The largest absolute Gasteiger partial charge is 0.494 e. The van der Waals surface area contributed by atoms with Crippen LogP contribution in [0.25, 0.3) is 10.2 Å². The van der Waals surface area contributed by atoms with E-state index in [-0.39, 0.29) is 11.5 Å². The van der Waals surface area contributed by atoms with E-state index >= 15 is 0 Å². The summed E-state index contributed by atoms with van der Waals surface area (Å²) in [7, 11) is 1.36. The minimum atomic E-state index is -0.369. The summed E-state index contributed by atoms with van der Waals surface area (Å²) < 4.78 is 12.3. The summed E-state index contributed by atoms with van der Waals surface area (Å²) >= 11 is 1.70. The molecular weight excluding hydrogens is 400 g/mol. The van der Waals surface area contributed by atoms with E-state index < -0.39 is 0 Å². The number of hydrogen-bond donors (Lipinski definition) is 0. The van der Waals surface area contributed by atoms with E-state index in [4.69, 9.17) is 14.5 Å². The Labute approximate surface area is 179 Å². The highest BCUT2D eigenvalue weighted by molar-refractivity contribution is 7.18. The molecule has 0 fully saturated rings. The van der Waals surface area contributed by atoms with E-state index in [2.05, 4.69) is 0 Å². The van der Waals surface area contributed by atoms with Crippen LogP contribution in [-0.4, -0.2) is 29.2 Å². The molecule has 0 amide bonds. The Morgan fingerprint density at radius 3 is 2.70 bits per heavy atom. The molecule has 0 saturated carbocycles. The van der Waals surface area contributed by atoms with E-state index in [0.29, 0.717) is 30.9 Å². The van der Waals surface area contributed by atoms with E-state index in [9.17, 15) is 9.59 Å². The number of ether oxygens (including phenoxy) is 2. The summed E-state index contributed by atoms with van der Waals surface area (Å²) in [6.45, 7) is 3.10. The quantitative estimate of drug-likeness (QED) is 0.419. The molecule has 1 aromatic carbocycles. The number of aromatic nitrogens is 2. The van der Waals surface area contributed by atoms with Gasteiger partial charge in [-0.1, -0.05) is 6.92 Å². The molecule has 30 heavy (non-hydrogen) atoms. The zero-order valence-electron chi connectivity index (χ0n) is 17.4. The second kappa shape index (κ2) is 9.00. The van der Waals surface area contributed by atoms with Crippen molar-refractivity contribution in [2.75, 3.05) is 13.7 Å². The van der Waals surface area contributed by atoms with Crippen molar-refractivity contribution in [1.29, 1.82) is 0 Å². The van der Waals surface area contributed by atoms with Crippen molar-refractivity contribution in [3.63, 3.8) is 0 Å². The first kappa shape index (κ1) is 20.6. The Morgan fingerprint density at radius 2 is 1.97 bits per heavy atom. The molecule has 0 radical (unpaired) electrons. The van der Waals surface area contributed by atoms with E-state index in [0.717, 1.165) is 41.7 Å². The predicted octanol–water partition coefficient (Wildman–Crippen LogP) is 4.15. The van der Waals surface area contributed by atoms with E-state index in [1.807, 2.05) is 11.5 Å². The van der Waals surface area contributed by atoms with Gasteiger partial charge >= 0.3 is 5.97 Å². The Balaban J connectivity index is 1.46. The zero-order valence-corrected chi connectivity index (χ0v) is 18.2. The van der Waals surface area contributed by atoms with Crippen molar-refractivity contribution in [3.8, 4) is 5.75 Å². The van der Waals surface area contributed by atoms with Gasteiger partial charge in [-0.3, -0.25) is 9.36 Å². The third kappa shape index (κ3) is 3.99. The Morgan fingerprint density at radius 1 is 1.20 bits per heavy atom. The number of benzene rings is 1. The number of carbonyl (C=O) groups is 1. The van der Waals surface area contributed by atoms with Crippen LogP contribution in [0.5, 0.6) is 5.75 Å². The van der Waals surface area contributed by atoms with Crippen LogP contribution in [0.4, 0.5) is 0 Å². The van der Waals surface area contributed by atoms with Gasteiger partial charge in [0.05, 0.1) is 24.7 Å². The number of nitrogens with zero attached hydrogens (tertiary/aromatic N) is 2. The van der Waals surface area contributed by atoms with E-state index in [1.54, 1.807) is 35.6 Å². The molecule has 7 heteroatoms. The van der Waals surface area contributed by atoms with Crippen LogP contribution in [0, 0.1) is 0 Å². The molecule has 0 unspecified atom stereocenters. The molecule has 1 aliphatic carbocycles. The molecule has 0 N–H and O–H groups in total. The lowest BCUT2D eigenvalue weighted by Crippen LogP contribution is -2.26. The molecule has 6 nitrogen and oxygen atoms in total. The van der Waals surface area contributed by atoms with Gasteiger partial charge < -0.3 is 9.47 Å². The Bertz CT molecular complexity index is 1110. The maximum Gasteiger partial charge on any atom is 0.337 e. The first-order valence-electron chi connectivity index (χ1n) is 10.5. The van der Waals surface area contributed by atoms with Gasteiger partial charge in [0.1, 0.15) is 16.4 Å². The van der Waals surface area contributed by atoms with Crippen molar-refractivity contribution < 1.29 is 14.3 Å². The standard InChI is InChI=1S/C23H26N2O4S/c1-3-19-24-21-20(17-7-4-5-8-18(17)30-21)22(26)25(19)13-6-14-29-16-11-9-15(10-12-16)23(27)28-2/h9-12H,3-8,13-14H2,1-2H3. The highest BCUT2D eigenvalue weighted by atomic mass is 32.1. The van der Waals surface area contributed by atoms with Crippen LogP contribution in [0.3, 0.4) is 0 Å². The van der Waals surface area contributed by atoms with Crippen molar-refractivity contribution in [2.24, 2.45) is 0 Å². The molecule has 0 saturated heterocycles. The fourth-order valence-corrected chi connectivity index (χ4v) is 5.27. The lowest BCUT2D eigenvalue weighted by molar-refractivity contribution is 0.0600. The minimum Gasteiger partial charge on any atom is -0.494 e. The van der Waals surface area contributed by atoms with Crippen LogP contribution < -0.4 is 10.3 Å². The summed E-state index contributed by atoms with van der Waals surface area (Å²) in [6.07, 6.45) is 5.83. The lowest BCUT2D eigenvalue weighted by atomic mass is 9.97. The van der Waals surface area contributed by atoms with Crippen molar-refractivity contribution >= 4 is 27.5 Å². The second-order valence-corrected chi connectivity index (χ2v) is 8.53. The van der Waals surface area contributed by atoms with Crippen LogP contribution >= 0.6 is 11.3 Å². The molecule has 0 bridgehead atoms. The Hall–Kier alpha value is -2.67. The number of thiophene rings is 1. The summed E-state index contributed by atoms with van der Waals surface area (Å²) in [6, 6.07) is 6.86.